The lowest BCUT2D eigenvalue weighted by Gasteiger charge is -2.36. The molecular weight excluding hydrogens is 438 g/mol. The highest BCUT2D eigenvalue weighted by Crippen LogP contribution is 2.40. The van der Waals surface area contributed by atoms with Gasteiger partial charge in [0.15, 0.2) is 0 Å². The van der Waals surface area contributed by atoms with E-state index in [0.29, 0.717) is 39.6 Å². The van der Waals surface area contributed by atoms with Gasteiger partial charge in [0.2, 0.25) is 0 Å². The molecule has 2 aliphatic rings. The molecule has 8 heteroatoms. The Hall–Kier alpha value is -1.94. The van der Waals surface area contributed by atoms with Gasteiger partial charge < -0.3 is 24.2 Å². The highest BCUT2D eigenvalue weighted by atomic mass is 32.2. The molecule has 0 spiro atoms. The molecule has 0 bridgehead atoms. The molecule has 2 aromatic rings. The highest BCUT2D eigenvalue weighted by molar-refractivity contribution is 7.99. The molecule has 1 saturated heterocycles. The molecule has 2 aromatic carbocycles. The van der Waals surface area contributed by atoms with Crippen molar-refractivity contribution < 1.29 is 19.3 Å². The Balaban J connectivity index is 1.22. The first-order chi connectivity index (χ1) is 16.3. The van der Waals surface area contributed by atoms with Crippen molar-refractivity contribution in [2.75, 3.05) is 79.0 Å². The largest absolute Gasteiger partial charge is 0.394 e. The number of fused-ring (bicyclic) bond motifs is 2. The summed E-state index contributed by atoms with van der Waals surface area (Å²) in [6.45, 7) is 8.13. The number of benzene rings is 2. The van der Waals surface area contributed by atoms with Gasteiger partial charge in [-0.3, -0.25) is 4.90 Å². The molecule has 2 aliphatic heterocycles. The Morgan fingerprint density at radius 2 is 1.39 bits per heavy atom. The first kappa shape index (κ1) is 24.2. The summed E-state index contributed by atoms with van der Waals surface area (Å²) >= 11 is 1.80. The third-order valence-electron chi connectivity index (χ3n) is 5.64. The minimum Gasteiger partial charge on any atom is -0.394 e. The van der Waals surface area contributed by atoms with Gasteiger partial charge in [0.25, 0.3) is 0 Å². The van der Waals surface area contributed by atoms with E-state index in [9.17, 15) is 0 Å². The van der Waals surface area contributed by atoms with Crippen LogP contribution in [-0.4, -0.2) is 99.7 Å². The maximum atomic E-state index is 8.64. The fraction of sp³-hybridized carbons (Fsp3) is 0.480. The first-order valence-electron chi connectivity index (χ1n) is 11.6. The lowest BCUT2D eigenvalue weighted by Crippen LogP contribution is -2.49. The van der Waals surface area contributed by atoms with E-state index in [4.69, 9.17) is 24.3 Å². The van der Waals surface area contributed by atoms with Crippen LogP contribution in [0.5, 0.6) is 0 Å². The average Bonchev–Trinajstić information content (AvgIpc) is 3.02. The number of nitrogens with zero attached hydrogens (tertiary/aromatic N) is 3. The van der Waals surface area contributed by atoms with Crippen LogP contribution < -0.4 is 0 Å². The predicted molar refractivity (Wildman–Crippen MR) is 131 cm³/mol. The molecule has 1 fully saturated rings. The zero-order valence-corrected chi connectivity index (χ0v) is 19.8. The molecule has 178 valence electrons. The van der Waals surface area contributed by atoms with E-state index in [-0.39, 0.29) is 6.61 Å². The second-order valence-electron chi connectivity index (χ2n) is 7.89. The van der Waals surface area contributed by atoms with Crippen molar-refractivity contribution in [3.8, 4) is 0 Å². The molecule has 0 atom stereocenters. The van der Waals surface area contributed by atoms with Crippen LogP contribution >= 0.6 is 11.8 Å². The predicted octanol–water partition coefficient (Wildman–Crippen LogP) is 2.89. The van der Waals surface area contributed by atoms with E-state index in [1.54, 1.807) is 11.8 Å². The molecule has 0 amide bonds. The summed E-state index contributed by atoms with van der Waals surface area (Å²) in [6.07, 6.45) is 0. The van der Waals surface area contributed by atoms with Gasteiger partial charge in [0, 0.05) is 48.1 Å². The molecule has 0 aromatic heterocycles. The number of hydrogen-bond acceptors (Lipinski definition) is 8. The van der Waals surface area contributed by atoms with Gasteiger partial charge in [0.1, 0.15) is 5.84 Å². The number of piperazine rings is 1. The van der Waals surface area contributed by atoms with E-state index in [1.807, 2.05) is 0 Å². The summed E-state index contributed by atoms with van der Waals surface area (Å²) in [5.41, 5.74) is 2.27. The Labute approximate surface area is 200 Å². The third-order valence-corrected chi connectivity index (χ3v) is 6.78. The van der Waals surface area contributed by atoms with Crippen LogP contribution in [0.25, 0.3) is 0 Å². The lowest BCUT2D eigenvalue weighted by molar-refractivity contribution is 0.00348. The van der Waals surface area contributed by atoms with E-state index >= 15 is 0 Å². The van der Waals surface area contributed by atoms with Crippen LogP contribution in [0.2, 0.25) is 0 Å². The molecule has 7 nitrogen and oxygen atoms in total. The van der Waals surface area contributed by atoms with Gasteiger partial charge >= 0.3 is 0 Å². The van der Waals surface area contributed by atoms with Crippen LogP contribution in [0.4, 0.5) is 5.69 Å². The minimum atomic E-state index is 0.0474. The van der Waals surface area contributed by atoms with Gasteiger partial charge in [-0.25, -0.2) is 4.99 Å². The number of amidine groups is 1. The van der Waals surface area contributed by atoms with Crippen molar-refractivity contribution in [1.82, 2.24) is 9.80 Å². The lowest BCUT2D eigenvalue weighted by atomic mass is 10.1. The average molecular weight is 472 g/mol. The van der Waals surface area contributed by atoms with Gasteiger partial charge in [-0.15, -0.1) is 0 Å². The van der Waals surface area contributed by atoms with Crippen molar-refractivity contribution >= 4 is 23.3 Å². The molecule has 0 radical (unpaired) electrons. The topological polar surface area (TPSA) is 66.8 Å². The standard InChI is InChI=1S/C25H33N3O4S/c29-14-16-31-18-20-32-19-17-30-15-13-27-9-11-28(12-10-27)25-21-5-1-3-7-23(21)33-24-8-4-2-6-22(24)26-25/h1-8,29H,9-20H2. The summed E-state index contributed by atoms with van der Waals surface area (Å²) in [5.74, 6) is 1.08. The van der Waals surface area contributed by atoms with E-state index in [0.717, 1.165) is 44.2 Å². The number of para-hydroxylation sites is 1. The summed E-state index contributed by atoms with van der Waals surface area (Å²) in [4.78, 5) is 12.4. The summed E-state index contributed by atoms with van der Waals surface area (Å²) in [5, 5.41) is 8.64. The van der Waals surface area contributed by atoms with Crippen LogP contribution in [0.1, 0.15) is 5.56 Å². The van der Waals surface area contributed by atoms with Crippen molar-refractivity contribution in [3.63, 3.8) is 0 Å². The summed E-state index contributed by atoms with van der Waals surface area (Å²) < 4.78 is 16.3. The van der Waals surface area contributed by atoms with E-state index < -0.39 is 0 Å². The van der Waals surface area contributed by atoms with Gasteiger partial charge in [-0.05, 0) is 18.2 Å². The van der Waals surface area contributed by atoms with Gasteiger partial charge in [0.05, 0.1) is 51.9 Å². The maximum Gasteiger partial charge on any atom is 0.137 e. The van der Waals surface area contributed by atoms with Crippen molar-refractivity contribution in [1.29, 1.82) is 0 Å². The number of rotatable bonds is 11. The molecule has 0 aliphatic carbocycles. The first-order valence-corrected chi connectivity index (χ1v) is 12.4. The number of ether oxygens (including phenoxy) is 3. The van der Waals surface area contributed by atoms with Crippen molar-refractivity contribution in [2.45, 2.75) is 9.79 Å². The molecule has 1 N–H and O–H groups in total. The molecular formula is C25H33N3O4S. The fourth-order valence-corrected chi connectivity index (χ4v) is 4.91. The monoisotopic (exact) mass is 471 g/mol. The maximum absolute atomic E-state index is 8.64. The number of hydrogen-bond donors (Lipinski definition) is 1. The number of aliphatic hydroxyl groups excluding tert-OH is 1. The Morgan fingerprint density at radius 3 is 2.15 bits per heavy atom. The second kappa shape index (κ2) is 13.1. The SMILES string of the molecule is OCCOCCOCCOCCN1CCN(C2=Nc3ccccc3Sc3ccccc32)CC1. The Morgan fingerprint density at radius 1 is 0.758 bits per heavy atom. The Kier molecular flexibility index (Phi) is 9.59. The van der Waals surface area contributed by atoms with Crippen LogP contribution in [0, 0.1) is 0 Å². The second-order valence-corrected chi connectivity index (χ2v) is 8.97. The van der Waals surface area contributed by atoms with E-state index in [2.05, 4.69) is 58.3 Å². The smallest absolute Gasteiger partial charge is 0.137 e. The van der Waals surface area contributed by atoms with Crippen LogP contribution in [0.15, 0.2) is 63.3 Å². The molecule has 0 saturated carbocycles. The normalized spacial score (nSPS) is 16.2. The highest BCUT2D eigenvalue weighted by Gasteiger charge is 2.25. The number of aliphatic imine (C=N–C) groups is 1. The summed E-state index contributed by atoms with van der Waals surface area (Å²) in [7, 11) is 0. The van der Waals surface area contributed by atoms with Crippen LogP contribution in [0.3, 0.4) is 0 Å². The Bertz CT molecular complexity index is 903. The van der Waals surface area contributed by atoms with Crippen LogP contribution in [-0.2, 0) is 14.2 Å². The zero-order chi connectivity index (χ0) is 22.7. The fourth-order valence-electron chi connectivity index (χ4n) is 3.89. The molecule has 2 heterocycles. The molecule has 0 unspecified atom stereocenters. The third kappa shape index (κ3) is 7.02. The molecule has 33 heavy (non-hydrogen) atoms. The zero-order valence-electron chi connectivity index (χ0n) is 19.0. The van der Waals surface area contributed by atoms with E-state index in [1.165, 1.54) is 15.4 Å². The van der Waals surface area contributed by atoms with Gasteiger partial charge in [-0.1, -0.05) is 42.1 Å². The number of aliphatic hydroxyl groups is 1. The van der Waals surface area contributed by atoms with Gasteiger partial charge in [-0.2, -0.15) is 0 Å². The van der Waals surface area contributed by atoms with Crippen molar-refractivity contribution in [2.24, 2.45) is 4.99 Å². The molecule has 4 rings (SSSR count). The van der Waals surface area contributed by atoms with Crippen molar-refractivity contribution in [3.05, 3.63) is 54.1 Å². The quantitative estimate of drug-likeness (QED) is 0.506. The minimum absolute atomic E-state index is 0.0474. The summed E-state index contributed by atoms with van der Waals surface area (Å²) in [6, 6.07) is 17.0.